The third-order valence-corrected chi connectivity index (χ3v) is 4.27. The van der Waals surface area contributed by atoms with Gasteiger partial charge in [0, 0.05) is 0 Å². The summed E-state index contributed by atoms with van der Waals surface area (Å²) in [4.78, 5) is 0. The van der Waals surface area contributed by atoms with Crippen molar-refractivity contribution in [1.29, 1.82) is 0 Å². The van der Waals surface area contributed by atoms with Gasteiger partial charge >= 0.3 is 78.7 Å². The van der Waals surface area contributed by atoms with Crippen LogP contribution in [-0.4, -0.2) is 28.5 Å². The molecule has 0 rings (SSSR count). The van der Waals surface area contributed by atoms with Crippen LogP contribution in [0.1, 0.15) is 6.42 Å². The molecule has 0 aliphatic rings. The van der Waals surface area contributed by atoms with Crippen LogP contribution in [0.2, 0.25) is 10.5 Å². The summed E-state index contributed by atoms with van der Waals surface area (Å²) >= 11 is 18.3. The Hall–Kier alpha value is 1.89. The normalized spacial score (nSPS) is 12.0. The predicted octanol–water partition coefficient (Wildman–Crippen LogP) is 2.62. The molecule has 0 N–H and O–H groups in total. The molecule has 0 aliphatic carbocycles. The summed E-state index contributed by atoms with van der Waals surface area (Å²) in [5.41, 5.74) is 0. The summed E-state index contributed by atoms with van der Waals surface area (Å²) in [6.07, 6.45) is 1.08. The Bertz CT molecular complexity index is 62.0. The van der Waals surface area contributed by atoms with E-state index in [9.17, 15) is 0 Å². The molecule has 0 saturated heterocycles. The standard InChI is InChI=1S/C3H6Cl3Si.Sn/c1-2-3-7(4,5)6;/h1-3H2;. The van der Waals surface area contributed by atoms with Crippen molar-refractivity contribution in [3.8, 4) is 0 Å². The quantitative estimate of drug-likeness (QED) is 0.554. The molecule has 47 valence electrons. The van der Waals surface area contributed by atoms with Crippen LogP contribution in [-0.2, 0) is 0 Å². The summed E-state index contributed by atoms with van der Waals surface area (Å²) in [5, 5.41) is 0. The van der Waals surface area contributed by atoms with E-state index in [-0.39, 0.29) is 0 Å². The zero-order chi connectivity index (χ0) is 6.62. The zero-order valence-electron chi connectivity index (χ0n) is 4.26. The summed E-state index contributed by atoms with van der Waals surface area (Å²) in [6, 6.07) is -1.42. The first-order chi connectivity index (χ1) is 3.56. The van der Waals surface area contributed by atoms with Crippen LogP contribution >= 0.6 is 33.2 Å². The van der Waals surface area contributed by atoms with E-state index in [4.69, 9.17) is 33.2 Å². The predicted molar refractivity (Wildman–Crippen MR) is 43.3 cm³/mol. The molecule has 0 fully saturated rings. The molecule has 0 spiro atoms. The second-order valence-corrected chi connectivity index (χ2v) is 12.2. The van der Waals surface area contributed by atoms with Crippen molar-refractivity contribution in [2.45, 2.75) is 16.9 Å². The van der Waals surface area contributed by atoms with Crippen molar-refractivity contribution in [3.63, 3.8) is 0 Å². The van der Waals surface area contributed by atoms with E-state index in [1.807, 2.05) is 0 Å². The summed E-state index contributed by atoms with van der Waals surface area (Å²) in [7, 11) is 0. The van der Waals surface area contributed by atoms with E-state index in [0.29, 0.717) is 0 Å². The molecule has 0 unspecified atom stereocenters. The monoisotopic (exact) mass is 295 g/mol. The average molecular weight is 295 g/mol. The van der Waals surface area contributed by atoms with Gasteiger partial charge in [-0.1, -0.05) is 0 Å². The van der Waals surface area contributed by atoms with E-state index in [2.05, 4.69) is 0 Å². The van der Waals surface area contributed by atoms with Crippen molar-refractivity contribution in [2.75, 3.05) is 0 Å². The van der Waals surface area contributed by atoms with Gasteiger partial charge < -0.3 is 0 Å². The van der Waals surface area contributed by atoms with Gasteiger partial charge in [-0.3, -0.25) is 0 Å². The molecular weight excluding hydrogens is 289 g/mol. The van der Waals surface area contributed by atoms with Crippen LogP contribution in [0.4, 0.5) is 0 Å². The Morgan fingerprint density at radius 2 is 1.75 bits per heavy atom. The van der Waals surface area contributed by atoms with Crippen LogP contribution in [0.5, 0.6) is 0 Å². The molecule has 8 heavy (non-hydrogen) atoms. The first kappa shape index (κ1) is 9.89. The molecule has 0 heterocycles. The second-order valence-electron chi connectivity index (χ2n) is 1.47. The Morgan fingerprint density at radius 1 is 1.25 bits per heavy atom. The van der Waals surface area contributed by atoms with Gasteiger partial charge in [0.05, 0.1) is 0 Å². The SMILES string of the molecule is Cl[Si](Cl)(Cl)CC[CH2][Sn]. The maximum absolute atomic E-state index is 5.59. The molecule has 0 aromatic heterocycles. The van der Waals surface area contributed by atoms with Gasteiger partial charge in [0.25, 0.3) is 0 Å². The molecule has 5 heteroatoms. The van der Waals surface area contributed by atoms with Crippen molar-refractivity contribution in [1.82, 2.24) is 0 Å². The van der Waals surface area contributed by atoms with Crippen LogP contribution in [0.3, 0.4) is 0 Å². The molecule has 3 radical (unpaired) electrons. The number of rotatable bonds is 3. The van der Waals surface area contributed by atoms with Gasteiger partial charge in [-0.05, 0) is 0 Å². The molecule has 0 amide bonds. The third-order valence-electron chi connectivity index (χ3n) is 0.637. The second kappa shape index (κ2) is 4.66. The van der Waals surface area contributed by atoms with E-state index < -0.39 is 6.00 Å². The van der Waals surface area contributed by atoms with Gasteiger partial charge in [-0.15, -0.1) is 0 Å². The molecule has 0 aromatic rings. The van der Waals surface area contributed by atoms with Gasteiger partial charge in [0.15, 0.2) is 0 Å². The first-order valence-electron chi connectivity index (χ1n) is 2.27. The van der Waals surface area contributed by atoms with Crippen molar-refractivity contribution in [3.05, 3.63) is 0 Å². The Morgan fingerprint density at radius 3 is 1.88 bits per heavy atom. The zero-order valence-corrected chi connectivity index (χ0v) is 10.4. The van der Waals surface area contributed by atoms with Crippen LogP contribution in [0, 0.1) is 0 Å². The fraction of sp³-hybridized carbons (Fsp3) is 1.00. The minimum absolute atomic E-state index is 0.822. The summed E-state index contributed by atoms with van der Waals surface area (Å²) < 4.78 is 1.20. The fourth-order valence-corrected chi connectivity index (χ4v) is 3.58. The van der Waals surface area contributed by atoms with Gasteiger partial charge in [0.1, 0.15) is 0 Å². The Labute approximate surface area is 78.1 Å². The Kier molecular flexibility index (Phi) is 5.76. The van der Waals surface area contributed by atoms with Crippen LogP contribution in [0.25, 0.3) is 0 Å². The third kappa shape index (κ3) is 7.89. The van der Waals surface area contributed by atoms with Gasteiger partial charge in [-0.25, -0.2) is 0 Å². The van der Waals surface area contributed by atoms with E-state index in [1.54, 1.807) is 0 Å². The average Bonchev–Trinajstić information content (AvgIpc) is 1.59. The van der Waals surface area contributed by atoms with E-state index >= 15 is 0 Å². The number of hydrogen-bond acceptors (Lipinski definition) is 0. The van der Waals surface area contributed by atoms with Crippen molar-refractivity contribution >= 4 is 61.8 Å². The number of halogens is 3. The summed E-state index contributed by atoms with van der Waals surface area (Å²) in [6.45, 7) is 0. The first-order valence-corrected chi connectivity index (χ1v) is 9.53. The molecule has 0 bridgehead atoms. The van der Waals surface area contributed by atoms with Crippen LogP contribution < -0.4 is 0 Å². The van der Waals surface area contributed by atoms with E-state index in [1.165, 1.54) is 27.0 Å². The van der Waals surface area contributed by atoms with Gasteiger partial charge in [0.2, 0.25) is 0 Å². The topological polar surface area (TPSA) is 0 Å². The molecular formula is C3H6Cl3SiSn. The minimum atomic E-state index is -2.25. The van der Waals surface area contributed by atoms with Crippen molar-refractivity contribution in [2.24, 2.45) is 0 Å². The van der Waals surface area contributed by atoms with Crippen molar-refractivity contribution < 1.29 is 0 Å². The summed E-state index contributed by atoms with van der Waals surface area (Å²) in [5.74, 6) is 0. The van der Waals surface area contributed by atoms with E-state index in [0.717, 1.165) is 12.5 Å². The fourth-order valence-electron chi connectivity index (χ4n) is 0.289. The molecule has 0 aliphatic heterocycles. The maximum atomic E-state index is 5.59. The molecule has 0 saturated carbocycles. The Balaban J connectivity index is 3.11. The molecule has 0 aromatic carbocycles. The van der Waals surface area contributed by atoms with Crippen LogP contribution in [0.15, 0.2) is 0 Å². The molecule has 0 atom stereocenters. The number of hydrogen-bond donors (Lipinski definition) is 0. The molecule has 0 nitrogen and oxygen atoms in total. The van der Waals surface area contributed by atoms with Gasteiger partial charge in [-0.2, -0.15) is 0 Å².